The van der Waals surface area contributed by atoms with E-state index in [1.54, 1.807) is 0 Å². The molecule has 1 aromatic heterocycles. The molecule has 0 saturated heterocycles. The van der Waals surface area contributed by atoms with Gasteiger partial charge in [0.1, 0.15) is 5.82 Å². The molecule has 0 spiro atoms. The van der Waals surface area contributed by atoms with Crippen molar-refractivity contribution in [2.24, 2.45) is 7.05 Å². The SMILES string of the molecule is Cc1cccc2c1nc(C(C)Cl)n2C. The first-order chi connectivity index (χ1) is 6.61. The topological polar surface area (TPSA) is 17.8 Å². The van der Waals surface area contributed by atoms with Gasteiger partial charge in [0.2, 0.25) is 0 Å². The van der Waals surface area contributed by atoms with E-state index in [1.807, 2.05) is 20.0 Å². The van der Waals surface area contributed by atoms with Gasteiger partial charge in [-0.2, -0.15) is 0 Å². The van der Waals surface area contributed by atoms with Gasteiger partial charge in [0.25, 0.3) is 0 Å². The lowest BCUT2D eigenvalue weighted by molar-refractivity contribution is 0.812. The standard InChI is InChI=1S/C11H13ClN2/c1-7-5-4-6-9-10(7)13-11(8(2)12)14(9)3/h4-6,8H,1-3H3. The maximum Gasteiger partial charge on any atom is 0.127 e. The normalized spacial score (nSPS) is 13.4. The molecule has 2 nitrogen and oxygen atoms in total. The van der Waals surface area contributed by atoms with Crippen molar-refractivity contribution in [2.75, 3.05) is 0 Å². The highest BCUT2D eigenvalue weighted by molar-refractivity contribution is 6.20. The Hall–Kier alpha value is -1.02. The van der Waals surface area contributed by atoms with Gasteiger partial charge >= 0.3 is 0 Å². The van der Waals surface area contributed by atoms with Crippen LogP contribution in [0, 0.1) is 6.92 Å². The molecule has 2 aromatic rings. The van der Waals surface area contributed by atoms with Crippen molar-refractivity contribution < 1.29 is 0 Å². The molecular weight excluding hydrogens is 196 g/mol. The van der Waals surface area contributed by atoms with Crippen molar-refractivity contribution in [3.8, 4) is 0 Å². The molecule has 1 heterocycles. The average molecular weight is 209 g/mol. The van der Waals surface area contributed by atoms with Gasteiger partial charge in [-0.05, 0) is 25.5 Å². The molecule has 0 fully saturated rings. The van der Waals surface area contributed by atoms with Crippen LogP contribution in [0.3, 0.4) is 0 Å². The first-order valence-electron chi connectivity index (χ1n) is 4.67. The molecule has 0 aliphatic heterocycles. The van der Waals surface area contributed by atoms with E-state index in [-0.39, 0.29) is 5.38 Å². The minimum atomic E-state index is -0.0493. The molecule has 0 amide bonds. The second-order valence-electron chi connectivity index (χ2n) is 3.59. The summed E-state index contributed by atoms with van der Waals surface area (Å²) < 4.78 is 2.06. The Labute approximate surface area is 88.5 Å². The summed E-state index contributed by atoms with van der Waals surface area (Å²) in [5, 5.41) is -0.0493. The fraction of sp³-hybridized carbons (Fsp3) is 0.364. The van der Waals surface area contributed by atoms with E-state index in [4.69, 9.17) is 11.6 Å². The Morgan fingerprint density at radius 1 is 1.43 bits per heavy atom. The molecule has 74 valence electrons. The average Bonchev–Trinajstić information content (AvgIpc) is 2.46. The van der Waals surface area contributed by atoms with E-state index in [0.717, 1.165) is 16.9 Å². The number of halogens is 1. The smallest absolute Gasteiger partial charge is 0.127 e. The van der Waals surface area contributed by atoms with Gasteiger partial charge in [-0.15, -0.1) is 11.6 Å². The van der Waals surface area contributed by atoms with Gasteiger partial charge in [0.15, 0.2) is 0 Å². The summed E-state index contributed by atoms with van der Waals surface area (Å²) in [6, 6.07) is 6.18. The number of aryl methyl sites for hydroxylation is 2. The summed E-state index contributed by atoms with van der Waals surface area (Å²) in [6.07, 6.45) is 0. The molecule has 3 heteroatoms. The zero-order valence-electron chi connectivity index (χ0n) is 8.58. The number of alkyl halides is 1. The lowest BCUT2D eigenvalue weighted by Gasteiger charge is -2.02. The van der Waals surface area contributed by atoms with E-state index in [2.05, 4.69) is 28.6 Å². The zero-order chi connectivity index (χ0) is 10.3. The summed E-state index contributed by atoms with van der Waals surface area (Å²) in [5.41, 5.74) is 3.40. The van der Waals surface area contributed by atoms with Gasteiger partial charge in [0.05, 0.1) is 16.4 Å². The van der Waals surface area contributed by atoms with Crippen LogP contribution in [0.4, 0.5) is 0 Å². The molecule has 0 N–H and O–H groups in total. The van der Waals surface area contributed by atoms with Crippen molar-refractivity contribution in [3.05, 3.63) is 29.6 Å². The molecule has 0 aliphatic rings. The molecule has 2 rings (SSSR count). The lowest BCUT2D eigenvalue weighted by atomic mass is 10.2. The number of fused-ring (bicyclic) bond motifs is 1. The van der Waals surface area contributed by atoms with Crippen LogP contribution in [-0.4, -0.2) is 9.55 Å². The second kappa shape index (κ2) is 3.28. The van der Waals surface area contributed by atoms with Gasteiger partial charge in [-0.3, -0.25) is 0 Å². The van der Waals surface area contributed by atoms with E-state index in [0.29, 0.717) is 0 Å². The highest BCUT2D eigenvalue weighted by atomic mass is 35.5. The second-order valence-corrected chi connectivity index (χ2v) is 4.24. The molecule has 14 heavy (non-hydrogen) atoms. The monoisotopic (exact) mass is 208 g/mol. The molecule has 1 aromatic carbocycles. The zero-order valence-corrected chi connectivity index (χ0v) is 9.34. The largest absolute Gasteiger partial charge is 0.330 e. The minimum Gasteiger partial charge on any atom is -0.330 e. The van der Waals surface area contributed by atoms with Crippen molar-refractivity contribution >= 4 is 22.6 Å². The van der Waals surface area contributed by atoms with Crippen LogP contribution >= 0.6 is 11.6 Å². The fourth-order valence-corrected chi connectivity index (χ4v) is 1.92. The Balaban J connectivity index is 2.80. The minimum absolute atomic E-state index is 0.0493. The van der Waals surface area contributed by atoms with Gasteiger partial charge in [-0.25, -0.2) is 4.98 Å². The number of aromatic nitrogens is 2. The molecule has 0 aliphatic carbocycles. The van der Waals surface area contributed by atoms with Crippen LogP contribution < -0.4 is 0 Å². The van der Waals surface area contributed by atoms with E-state index < -0.39 is 0 Å². The van der Waals surface area contributed by atoms with E-state index in [1.165, 1.54) is 5.56 Å². The van der Waals surface area contributed by atoms with Gasteiger partial charge in [0, 0.05) is 7.05 Å². The number of rotatable bonds is 1. The maximum atomic E-state index is 6.05. The number of hydrogen-bond donors (Lipinski definition) is 0. The molecule has 0 bridgehead atoms. The summed E-state index contributed by atoms with van der Waals surface area (Å²) in [7, 11) is 2.00. The third-order valence-electron chi connectivity index (χ3n) is 2.50. The highest BCUT2D eigenvalue weighted by Crippen LogP contribution is 2.24. The summed E-state index contributed by atoms with van der Waals surface area (Å²) >= 11 is 6.05. The number of imidazole rings is 1. The third kappa shape index (κ3) is 1.30. The first kappa shape index (κ1) is 9.53. The van der Waals surface area contributed by atoms with E-state index >= 15 is 0 Å². The van der Waals surface area contributed by atoms with Crippen molar-refractivity contribution in [2.45, 2.75) is 19.2 Å². The maximum absolute atomic E-state index is 6.05. The van der Waals surface area contributed by atoms with Gasteiger partial charge in [-0.1, -0.05) is 12.1 Å². The van der Waals surface area contributed by atoms with Crippen LogP contribution in [-0.2, 0) is 7.05 Å². The predicted molar refractivity (Wildman–Crippen MR) is 59.7 cm³/mol. The van der Waals surface area contributed by atoms with Crippen molar-refractivity contribution in [1.29, 1.82) is 0 Å². The molecule has 1 atom stereocenters. The molecule has 0 radical (unpaired) electrons. The first-order valence-corrected chi connectivity index (χ1v) is 5.11. The molecule has 0 saturated carbocycles. The molecular formula is C11H13ClN2. The Morgan fingerprint density at radius 3 is 2.71 bits per heavy atom. The molecule has 1 unspecified atom stereocenters. The highest BCUT2D eigenvalue weighted by Gasteiger charge is 2.12. The van der Waals surface area contributed by atoms with Crippen LogP contribution in [0.2, 0.25) is 0 Å². The van der Waals surface area contributed by atoms with Crippen LogP contribution in [0.15, 0.2) is 18.2 Å². The Morgan fingerprint density at radius 2 is 2.14 bits per heavy atom. The van der Waals surface area contributed by atoms with Crippen LogP contribution in [0.1, 0.15) is 23.7 Å². The van der Waals surface area contributed by atoms with Crippen molar-refractivity contribution in [3.63, 3.8) is 0 Å². The van der Waals surface area contributed by atoms with Gasteiger partial charge < -0.3 is 4.57 Å². The summed E-state index contributed by atoms with van der Waals surface area (Å²) in [5.74, 6) is 0.927. The predicted octanol–water partition coefficient (Wildman–Crippen LogP) is 3.18. The Bertz CT molecular complexity index is 471. The third-order valence-corrected chi connectivity index (χ3v) is 2.70. The fourth-order valence-electron chi connectivity index (χ4n) is 1.73. The van der Waals surface area contributed by atoms with Crippen molar-refractivity contribution in [1.82, 2.24) is 9.55 Å². The number of para-hydroxylation sites is 1. The Kier molecular flexibility index (Phi) is 2.23. The van der Waals surface area contributed by atoms with Crippen LogP contribution in [0.25, 0.3) is 11.0 Å². The lowest BCUT2D eigenvalue weighted by Crippen LogP contribution is -1.97. The van der Waals surface area contributed by atoms with E-state index in [9.17, 15) is 0 Å². The number of nitrogens with zero attached hydrogens (tertiary/aromatic N) is 2. The van der Waals surface area contributed by atoms with Crippen LogP contribution in [0.5, 0.6) is 0 Å². The number of hydrogen-bond acceptors (Lipinski definition) is 1. The summed E-state index contributed by atoms with van der Waals surface area (Å²) in [6.45, 7) is 4.01. The quantitative estimate of drug-likeness (QED) is 0.659. The number of benzene rings is 1. The summed E-state index contributed by atoms with van der Waals surface area (Å²) in [4.78, 5) is 4.54.